The topological polar surface area (TPSA) is 63.9 Å². The van der Waals surface area contributed by atoms with Crippen LogP contribution in [0.25, 0.3) is 0 Å². The Morgan fingerprint density at radius 1 is 0.733 bits per heavy atom. The molecule has 0 amide bonds. The van der Waals surface area contributed by atoms with E-state index in [0.717, 1.165) is 16.7 Å². The fraction of sp³-hybridized carbons (Fsp3) is 0.250. The molecule has 3 aromatic rings. The number of halogens is 2. The summed E-state index contributed by atoms with van der Waals surface area (Å²) in [4.78, 5) is 2.02. The van der Waals surface area contributed by atoms with Gasteiger partial charge in [-0.1, -0.05) is 59.6 Å². The molecule has 3 rings (SSSR count). The van der Waals surface area contributed by atoms with Crippen LogP contribution >= 0.6 is 23.2 Å². The average Bonchev–Trinajstić information content (AvgIpc) is 2.73. The van der Waals surface area contributed by atoms with Gasteiger partial charge in [0.05, 0.1) is 12.2 Å². The molecule has 0 aromatic heterocycles. The van der Waals surface area contributed by atoms with Crippen molar-refractivity contribution in [3.05, 3.63) is 99.5 Å². The van der Waals surface area contributed by atoms with Gasteiger partial charge in [0, 0.05) is 29.7 Å². The van der Waals surface area contributed by atoms with E-state index in [4.69, 9.17) is 23.2 Å². The number of rotatable bonds is 9. The molecule has 0 aliphatic heterocycles. The molecular formula is C24H25Cl2NO3. The molecule has 4 nitrogen and oxygen atoms in total. The van der Waals surface area contributed by atoms with Gasteiger partial charge in [-0.15, -0.1) is 0 Å². The van der Waals surface area contributed by atoms with Crippen molar-refractivity contribution in [2.45, 2.75) is 18.6 Å². The van der Waals surface area contributed by atoms with E-state index in [-0.39, 0.29) is 5.75 Å². The Morgan fingerprint density at radius 3 is 1.70 bits per heavy atom. The van der Waals surface area contributed by atoms with Crippen LogP contribution in [0.2, 0.25) is 10.0 Å². The van der Waals surface area contributed by atoms with Crippen LogP contribution in [0.4, 0.5) is 0 Å². The molecule has 0 heterocycles. The number of phenolic OH excluding ortho intramolecular Hbond substituents is 1. The zero-order valence-corrected chi connectivity index (χ0v) is 18.0. The van der Waals surface area contributed by atoms with Crippen molar-refractivity contribution in [3.8, 4) is 5.75 Å². The van der Waals surface area contributed by atoms with E-state index in [1.165, 1.54) is 0 Å². The second kappa shape index (κ2) is 10.8. The second-order valence-corrected chi connectivity index (χ2v) is 8.19. The summed E-state index contributed by atoms with van der Waals surface area (Å²) in [5.74, 6) is 0.225. The summed E-state index contributed by atoms with van der Waals surface area (Å²) in [6.07, 6.45) is -0.768. The van der Waals surface area contributed by atoms with Gasteiger partial charge in [-0.3, -0.25) is 4.90 Å². The van der Waals surface area contributed by atoms with Gasteiger partial charge >= 0.3 is 0 Å². The molecule has 0 unspecified atom stereocenters. The number of nitrogens with zero attached hydrogens (tertiary/aromatic N) is 1. The molecule has 6 heteroatoms. The maximum Gasteiger partial charge on any atom is 0.115 e. The van der Waals surface area contributed by atoms with Gasteiger partial charge in [0.2, 0.25) is 0 Å². The molecule has 3 N–H and O–H groups in total. The van der Waals surface area contributed by atoms with E-state index in [2.05, 4.69) is 0 Å². The Morgan fingerprint density at radius 2 is 1.23 bits per heavy atom. The Labute approximate surface area is 186 Å². The molecule has 0 spiro atoms. The predicted molar refractivity (Wildman–Crippen MR) is 121 cm³/mol. The molecule has 0 aliphatic carbocycles. The normalized spacial score (nSPS) is 13.4. The largest absolute Gasteiger partial charge is 0.508 e. The molecule has 2 atom stereocenters. The van der Waals surface area contributed by atoms with Gasteiger partial charge in [-0.05, 0) is 59.5 Å². The zero-order chi connectivity index (χ0) is 21.5. The van der Waals surface area contributed by atoms with E-state index in [0.29, 0.717) is 36.1 Å². The lowest BCUT2D eigenvalue weighted by Gasteiger charge is -2.28. The summed E-state index contributed by atoms with van der Waals surface area (Å²) in [7, 11) is 0. The van der Waals surface area contributed by atoms with Crippen LogP contribution in [0.15, 0.2) is 72.8 Å². The number of hydrogen-bond donors (Lipinski definition) is 3. The van der Waals surface area contributed by atoms with Crippen LogP contribution in [0.1, 0.15) is 28.9 Å². The smallest absolute Gasteiger partial charge is 0.115 e. The second-order valence-electron chi connectivity index (χ2n) is 7.32. The third-order valence-corrected chi connectivity index (χ3v) is 5.45. The molecule has 0 saturated heterocycles. The molecule has 0 bridgehead atoms. The highest BCUT2D eigenvalue weighted by atomic mass is 35.5. The van der Waals surface area contributed by atoms with E-state index in [1.54, 1.807) is 36.4 Å². The molecule has 3 aromatic carbocycles. The molecule has 0 saturated carbocycles. The minimum absolute atomic E-state index is 0.225. The molecular weight excluding hydrogens is 421 g/mol. The van der Waals surface area contributed by atoms with Gasteiger partial charge in [0.25, 0.3) is 0 Å². The van der Waals surface area contributed by atoms with E-state index in [1.807, 2.05) is 41.3 Å². The van der Waals surface area contributed by atoms with Crippen molar-refractivity contribution in [1.29, 1.82) is 0 Å². The van der Waals surface area contributed by atoms with Crippen LogP contribution in [-0.2, 0) is 6.42 Å². The third kappa shape index (κ3) is 6.73. The predicted octanol–water partition coefficient (Wildman–Crippen LogP) is 5.01. The summed E-state index contributed by atoms with van der Waals surface area (Å²) in [6, 6.07) is 21.4. The fourth-order valence-corrected chi connectivity index (χ4v) is 3.73. The van der Waals surface area contributed by atoms with Gasteiger partial charge in [0.1, 0.15) is 5.75 Å². The first kappa shape index (κ1) is 22.6. The number of aliphatic hydroxyl groups excluding tert-OH is 2. The lowest BCUT2D eigenvalue weighted by atomic mass is 10.1. The lowest BCUT2D eigenvalue weighted by Crippen LogP contribution is -2.34. The standard InChI is InChI=1S/C24H25Cl2NO3/c25-20-5-1-3-18(13-20)23(29)15-27(12-11-17-7-9-22(28)10-8-17)16-24(30)19-4-2-6-21(26)14-19/h1-10,13-14,23-24,28-30H,11-12,15-16H2/t23-,24-/m1/s1. The number of phenols is 1. The Hall–Kier alpha value is -2.08. The lowest BCUT2D eigenvalue weighted by molar-refractivity contribution is 0.0694. The van der Waals surface area contributed by atoms with Gasteiger partial charge in [0.15, 0.2) is 0 Å². The Balaban J connectivity index is 1.72. The summed E-state index contributed by atoms with van der Waals surface area (Å²) in [5.41, 5.74) is 2.52. The summed E-state index contributed by atoms with van der Waals surface area (Å²) in [6.45, 7) is 1.31. The van der Waals surface area contributed by atoms with Crippen molar-refractivity contribution in [2.24, 2.45) is 0 Å². The number of benzene rings is 3. The highest BCUT2D eigenvalue weighted by Crippen LogP contribution is 2.22. The van der Waals surface area contributed by atoms with Crippen molar-refractivity contribution in [2.75, 3.05) is 19.6 Å². The SMILES string of the molecule is Oc1ccc(CCN(C[C@@H](O)c2cccc(Cl)c2)C[C@@H](O)c2cccc(Cl)c2)cc1. The number of aliphatic hydroxyl groups is 2. The third-order valence-electron chi connectivity index (χ3n) is 4.98. The van der Waals surface area contributed by atoms with Crippen molar-refractivity contribution >= 4 is 23.2 Å². The van der Waals surface area contributed by atoms with Crippen LogP contribution < -0.4 is 0 Å². The molecule has 0 aliphatic rings. The first-order chi connectivity index (χ1) is 14.4. The molecule has 30 heavy (non-hydrogen) atoms. The minimum atomic E-state index is -0.741. The highest BCUT2D eigenvalue weighted by Gasteiger charge is 2.18. The van der Waals surface area contributed by atoms with Gasteiger partial charge < -0.3 is 15.3 Å². The average molecular weight is 446 g/mol. The monoisotopic (exact) mass is 445 g/mol. The van der Waals surface area contributed by atoms with Crippen LogP contribution in [0, 0.1) is 0 Å². The van der Waals surface area contributed by atoms with Crippen LogP contribution in [-0.4, -0.2) is 39.9 Å². The minimum Gasteiger partial charge on any atom is -0.508 e. The van der Waals surface area contributed by atoms with E-state index < -0.39 is 12.2 Å². The van der Waals surface area contributed by atoms with Gasteiger partial charge in [-0.2, -0.15) is 0 Å². The van der Waals surface area contributed by atoms with Crippen molar-refractivity contribution in [1.82, 2.24) is 4.90 Å². The summed E-state index contributed by atoms with van der Waals surface area (Å²) in [5, 5.41) is 32.1. The highest BCUT2D eigenvalue weighted by molar-refractivity contribution is 6.30. The first-order valence-electron chi connectivity index (χ1n) is 9.78. The summed E-state index contributed by atoms with van der Waals surface area (Å²) < 4.78 is 0. The maximum absolute atomic E-state index is 10.7. The molecule has 0 radical (unpaired) electrons. The number of aromatic hydroxyl groups is 1. The van der Waals surface area contributed by atoms with Crippen LogP contribution in [0.3, 0.4) is 0 Å². The van der Waals surface area contributed by atoms with E-state index in [9.17, 15) is 15.3 Å². The molecule has 0 fully saturated rings. The Kier molecular flexibility index (Phi) is 8.14. The summed E-state index contributed by atoms with van der Waals surface area (Å²) >= 11 is 12.1. The van der Waals surface area contributed by atoms with Gasteiger partial charge in [-0.25, -0.2) is 0 Å². The fourth-order valence-electron chi connectivity index (χ4n) is 3.33. The first-order valence-corrected chi connectivity index (χ1v) is 10.5. The maximum atomic E-state index is 10.7. The van der Waals surface area contributed by atoms with Crippen molar-refractivity contribution < 1.29 is 15.3 Å². The van der Waals surface area contributed by atoms with E-state index >= 15 is 0 Å². The quantitative estimate of drug-likeness (QED) is 0.433. The van der Waals surface area contributed by atoms with Crippen molar-refractivity contribution in [3.63, 3.8) is 0 Å². The molecule has 158 valence electrons. The zero-order valence-electron chi connectivity index (χ0n) is 16.5. The Bertz CT molecular complexity index is 896. The van der Waals surface area contributed by atoms with Crippen LogP contribution in [0.5, 0.6) is 5.75 Å². The number of hydrogen-bond acceptors (Lipinski definition) is 4.